The van der Waals surface area contributed by atoms with E-state index in [2.05, 4.69) is 5.10 Å². The van der Waals surface area contributed by atoms with Gasteiger partial charge in [0.1, 0.15) is 4.90 Å². The van der Waals surface area contributed by atoms with Crippen molar-refractivity contribution in [1.29, 1.82) is 0 Å². The van der Waals surface area contributed by atoms with Crippen LogP contribution >= 0.6 is 11.6 Å². The third-order valence-corrected chi connectivity index (χ3v) is 5.90. The standard InChI is InChI=1S/C14H17ClN4O4S/c1-17-10-11(9-16-17)24(21,22)19-6-2-5-18(7-8-19)14(20)12-3-4-13(15)23-12/h3-4,9-10H,2,5-8H2,1H3. The molecule has 0 aromatic carbocycles. The summed E-state index contributed by atoms with van der Waals surface area (Å²) in [5, 5.41) is 4.05. The summed E-state index contributed by atoms with van der Waals surface area (Å²) < 4.78 is 33.2. The topological polar surface area (TPSA) is 88.7 Å². The maximum atomic E-state index is 12.6. The summed E-state index contributed by atoms with van der Waals surface area (Å²) >= 11 is 5.70. The summed E-state index contributed by atoms with van der Waals surface area (Å²) in [5.41, 5.74) is 0. The first-order chi connectivity index (χ1) is 11.4. The van der Waals surface area contributed by atoms with Crippen LogP contribution in [0.3, 0.4) is 0 Å². The molecule has 0 bridgehead atoms. The Morgan fingerprint density at radius 3 is 2.67 bits per heavy atom. The molecule has 0 unspecified atom stereocenters. The van der Waals surface area contributed by atoms with Crippen LogP contribution in [0.25, 0.3) is 0 Å². The molecule has 0 saturated carbocycles. The Hall–Kier alpha value is -1.84. The Labute approximate surface area is 144 Å². The first-order valence-electron chi connectivity index (χ1n) is 7.41. The number of furan rings is 1. The van der Waals surface area contributed by atoms with E-state index in [1.807, 2.05) is 0 Å². The number of sulfonamides is 1. The molecule has 3 heterocycles. The van der Waals surface area contributed by atoms with Gasteiger partial charge in [0.2, 0.25) is 10.0 Å². The van der Waals surface area contributed by atoms with E-state index in [0.717, 1.165) is 0 Å². The number of halogens is 1. The van der Waals surface area contributed by atoms with Crippen LogP contribution in [0.4, 0.5) is 0 Å². The lowest BCUT2D eigenvalue weighted by molar-refractivity contribution is 0.0732. The molecule has 0 atom stereocenters. The van der Waals surface area contributed by atoms with Gasteiger partial charge >= 0.3 is 0 Å². The van der Waals surface area contributed by atoms with E-state index in [0.29, 0.717) is 19.5 Å². The fourth-order valence-electron chi connectivity index (χ4n) is 2.60. The molecule has 1 aliphatic heterocycles. The van der Waals surface area contributed by atoms with Crippen LogP contribution in [0.2, 0.25) is 5.22 Å². The smallest absolute Gasteiger partial charge is 0.289 e. The molecule has 2 aromatic rings. The lowest BCUT2D eigenvalue weighted by Gasteiger charge is -2.20. The molecule has 24 heavy (non-hydrogen) atoms. The molecule has 0 spiro atoms. The summed E-state index contributed by atoms with van der Waals surface area (Å²) in [6.07, 6.45) is 3.33. The molecule has 1 aliphatic rings. The zero-order valence-corrected chi connectivity index (χ0v) is 14.6. The fourth-order valence-corrected chi connectivity index (χ4v) is 4.21. The minimum absolute atomic E-state index is 0.147. The van der Waals surface area contributed by atoms with Crippen LogP contribution < -0.4 is 0 Å². The molecule has 2 aromatic heterocycles. The number of aryl methyl sites for hydroxylation is 1. The Morgan fingerprint density at radius 1 is 1.25 bits per heavy atom. The van der Waals surface area contributed by atoms with Crippen molar-refractivity contribution in [1.82, 2.24) is 19.0 Å². The largest absolute Gasteiger partial charge is 0.440 e. The van der Waals surface area contributed by atoms with Crippen LogP contribution in [-0.2, 0) is 17.1 Å². The molecule has 1 amide bonds. The van der Waals surface area contributed by atoms with Gasteiger partial charge < -0.3 is 9.32 Å². The van der Waals surface area contributed by atoms with Gasteiger partial charge in [0.15, 0.2) is 11.0 Å². The molecule has 0 N–H and O–H groups in total. The van der Waals surface area contributed by atoms with Gasteiger partial charge in [0.25, 0.3) is 5.91 Å². The second kappa shape index (κ2) is 6.58. The molecule has 130 valence electrons. The van der Waals surface area contributed by atoms with Crippen molar-refractivity contribution < 1.29 is 17.6 Å². The second-order valence-corrected chi connectivity index (χ2v) is 7.81. The van der Waals surface area contributed by atoms with E-state index in [1.54, 1.807) is 11.9 Å². The molecular formula is C14H17ClN4O4S. The summed E-state index contributed by atoms with van der Waals surface area (Å²) in [6.45, 7) is 1.31. The average molecular weight is 373 g/mol. The minimum atomic E-state index is -3.61. The Balaban J connectivity index is 1.72. The first kappa shape index (κ1) is 17.0. The van der Waals surface area contributed by atoms with Gasteiger partial charge in [-0.1, -0.05) is 0 Å². The number of carbonyl (C=O) groups is 1. The third kappa shape index (κ3) is 3.33. The van der Waals surface area contributed by atoms with E-state index < -0.39 is 10.0 Å². The lowest BCUT2D eigenvalue weighted by Crippen LogP contribution is -2.37. The van der Waals surface area contributed by atoms with Gasteiger partial charge in [-0.05, 0) is 30.2 Å². The van der Waals surface area contributed by atoms with E-state index >= 15 is 0 Å². The van der Waals surface area contributed by atoms with Crippen molar-refractivity contribution in [3.63, 3.8) is 0 Å². The van der Waals surface area contributed by atoms with Gasteiger partial charge in [0.05, 0.1) is 6.20 Å². The summed E-state index contributed by atoms with van der Waals surface area (Å²) in [7, 11) is -1.94. The molecule has 0 radical (unpaired) electrons. The maximum Gasteiger partial charge on any atom is 0.289 e. The molecule has 10 heteroatoms. The van der Waals surface area contributed by atoms with Crippen molar-refractivity contribution >= 4 is 27.5 Å². The zero-order valence-electron chi connectivity index (χ0n) is 13.1. The molecule has 8 nitrogen and oxygen atoms in total. The van der Waals surface area contributed by atoms with Crippen molar-refractivity contribution in [2.45, 2.75) is 11.3 Å². The monoisotopic (exact) mass is 372 g/mol. The Kier molecular flexibility index (Phi) is 4.66. The third-order valence-electron chi connectivity index (χ3n) is 3.85. The van der Waals surface area contributed by atoms with Gasteiger partial charge in [-0.25, -0.2) is 8.42 Å². The molecule has 1 saturated heterocycles. The highest BCUT2D eigenvalue weighted by atomic mass is 35.5. The first-order valence-corrected chi connectivity index (χ1v) is 9.23. The van der Waals surface area contributed by atoms with Gasteiger partial charge in [-0.2, -0.15) is 9.40 Å². The van der Waals surface area contributed by atoms with E-state index in [1.165, 1.54) is 33.5 Å². The highest BCUT2D eigenvalue weighted by Gasteiger charge is 2.30. The predicted octanol–water partition coefficient (Wildman–Crippen LogP) is 1.20. The van der Waals surface area contributed by atoms with Crippen LogP contribution in [0.15, 0.2) is 33.8 Å². The van der Waals surface area contributed by atoms with Crippen LogP contribution in [-0.4, -0.2) is 59.5 Å². The fraction of sp³-hybridized carbons (Fsp3) is 0.429. The Bertz CT molecular complexity index is 845. The summed E-state index contributed by atoms with van der Waals surface area (Å²) in [4.78, 5) is 14.1. The number of hydrogen-bond acceptors (Lipinski definition) is 5. The van der Waals surface area contributed by atoms with Gasteiger partial charge in [0, 0.05) is 39.4 Å². The van der Waals surface area contributed by atoms with Crippen molar-refractivity contribution in [3.05, 3.63) is 35.5 Å². The Morgan fingerprint density at radius 2 is 2.04 bits per heavy atom. The van der Waals surface area contributed by atoms with Crippen molar-refractivity contribution in [2.75, 3.05) is 26.2 Å². The summed E-state index contributed by atoms with van der Waals surface area (Å²) in [6, 6.07) is 3.02. The number of nitrogens with zero attached hydrogens (tertiary/aromatic N) is 4. The summed E-state index contributed by atoms with van der Waals surface area (Å²) in [5.74, 6) is -0.133. The number of hydrogen-bond donors (Lipinski definition) is 0. The highest BCUT2D eigenvalue weighted by molar-refractivity contribution is 7.89. The lowest BCUT2D eigenvalue weighted by atomic mass is 10.3. The van der Waals surface area contributed by atoms with E-state index in [9.17, 15) is 13.2 Å². The second-order valence-electron chi connectivity index (χ2n) is 5.50. The average Bonchev–Trinajstić information content (AvgIpc) is 3.08. The number of amides is 1. The molecular weight excluding hydrogens is 356 g/mol. The van der Waals surface area contributed by atoms with Crippen LogP contribution in [0.5, 0.6) is 0 Å². The quantitative estimate of drug-likeness (QED) is 0.807. The number of rotatable bonds is 3. The number of carbonyl (C=O) groups excluding carboxylic acids is 1. The molecule has 1 fully saturated rings. The van der Waals surface area contributed by atoms with Gasteiger partial charge in [-0.3, -0.25) is 9.48 Å². The van der Waals surface area contributed by atoms with Gasteiger partial charge in [-0.15, -0.1) is 0 Å². The van der Waals surface area contributed by atoms with E-state index in [4.69, 9.17) is 16.0 Å². The minimum Gasteiger partial charge on any atom is -0.440 e. The normalized spacial score (nSPS) is 17.0. The van der Waals surface area contributed by atoms with Crippen LogP contribution in [0, 0.1) is 0 Å². The predicted molar refractivity (Wildman–Crippen MR) is 86.2 cm³/mol. The van der Waals surface area contributed by atoms with E-state index in [-0.39, 0.29) is 34.9 Å². The molecule has 3 rings (SSSR count). The van der Waals surface area contributed by atoms with Crippen LogP contribution in [0.1, 0.15) is 17.0 Å². The zero-order chi connectivity index (χ0) is 17.3. The maximum absolute atomic E-state index is 12.6. The van der Waals surface area contributed by atoms with Crippen molar-refractivity contribution in [3.8, 4) is 0 Å². The SMILES string of the molecule is Cn1cc(S(=O)(=O)N2CCCN(C(=O)c3ccc(Cl)o3)CC2)cn1. The van der Waals surface area contributed by atoms with Crippen molar-refractivity contribution in [2.24, 2.45) is 7.05 Å². The highest BCUT2D eigenvalue weighted by Crippen LogP contribution is 2.19. The molecule has 0 aliphatic carbocycles. The number of aromatic nitrogens is 2.